The molecule has 0 aromatic heterocycles. The van der Waals surface area contributed by atoms with Crippen molar-refractivity contribution >= 4 is 17.7 Å². The summed E-state index contributed by atoms with van der Waals surface area (Å²) >= 11 is -0.0855. The van der Waals surface area contributed by atoms with Crippen LogP contribution in [0, 0.1) is 0 Å². The minimum atomic E-state index is -4.22. The lowest BCUT2D eigenvalue weighted by Crippen LogP contribution is -2.38. The molecule has 16 heavy (non-hydrogen) atoms. The van der Waals surface area contributed by atoms with Gasteiger partial charge in [-0.1, -0.05) is 6.92 Å². The molecule has 1 heterocycles. The maximum absolute atomic E-state index is 11.9. The molecule has 0 saturated carbocycles. The Kier molecular flexibility index (Phi) is 4.49. The molecule has 94 valence electrons. The first-order valence-corrected chi connectivity index (χ1v) is 6.11. The van der Waals surface area contributed by atoms with Crippen molar-refractivity contribution in [1.29, 1.82) is 0 Å². The molecule has 1 aliphatic rings. The Bertz CT molecular complexity index is 260. The van der Waals surface area contributed by atoms with Crippen molar-refractivity contribution in [3.8, 4) is 0 Å². The van der Waals surface area contributed by atoms with Gasteiger partial charge in [0, 0.05) is 12.3 Å². The first kappa shape index (κ1) is 13.6. The molecule has 1 rings (SSSR count). The molecule has 7 heteroatoms. The van der Waals surface area contributed by atoms with Crippen molar-refractivity contribution in [3.63, 3.8) is 0 Å². The average Bonchev–Trinajstić information content (AvgIpc) is 2.43. The lowest BCUT2D eigenvalue weighted by atomic mass is 10.3. The van der Waals surface area contributed by atoms with Gasteiger partial charge in [0.2, 0.25) is 5.91 Å². The van der Waals surface area contributed by atoms with Gasteiger partial charge in [-0.15, -0.1) is 0 Å². The third-order valence-electron chi connectivity index (χ3n) is 2.46. The fraction of sp³-hybridized carbons (Fsp3) is 0.889. The SMILES string of the molecule is CCC1NC(C)C(=O)N1CCSC(F)(F)F. The van der Waals surface area contributed by atoms with Crippen molar-refractivity contribution in [3.05, 3.63) is 0 Å². The maximum Gasteiger partial charge on any atom is 0.441 e. The van der Waals surface area contributed by atoms with E-state index in [1.54, 1.807) is 6.92 Å². The van der Waals surface area contributed by atoms with Gasteiger partial charge >= 0.3 is 5.51 Å². The lowest BCUT2D eigenvalue weighted by molar-refractivity contribution is -0.129. The number of hydrogen-bond acceptors (Lipinski definition) is 3. The topological polar surface area (TPSA) is 32.3 Å². The van der Waals surface area contributed by atoms with Gasteiger partial charge in [0.15, 0.2) is 0 Å². The van der Waals surface area contributed by atoms with Crippen LogP contribution in [-0.2, 0) is 4.79 Å². The average molecular weight is 256 g/mol. The van der Waals surface area contributed by atoms with Gasteiger partial charge < -0.3 is 4.90 Å². The highest BCUT2D eigenvalue weighted by atomic mass is 32.2. The molecule has 1 saturated heterocycles. The Hall–Kier alpha value is -0.430. The predicted molar refractivity (Wildman–Crippen MR) is 56.9 cm³/mol. The Morgan fingerprint density at radius 2 is 2.12 bits per heavy atom. The molecule has 2 atom stereocenters. The Morgan fingerprint density at radius 1 is 1.50 bits per heavy atom. The smallest absolute Gasteiger partial charge is 0.325 e. The van der Waals surface area contributed by atoms with Gasteiger partial charge in [-0.25, -0.2) is 0 Å². The maximum atomic E-state index is 11.9. The normalized spacial score (nSPS) is 26.6. The van der Waals surface area contributed by atoms with Crippen LogP contribution in [0.2, 0.25) is 0 Å². The van der Waals surface area contributed by atoms with Crippen LogP contribution >= 0.6 is 11.8 Å². The summed E-state index contributed by atoms with van der Waals surface area (Å²) in [7, 11) is 0. The van der Waals surface area contributed by atoms with E-state index in [0.29, 0.717) is 6.42 Å². The van der Waals surface area contributed by atoms with E-state index in [2.05, 4.69) is 5.32 Å². The van der Waals surface area contributed by atoms with E-state index < -0.39 is 5.51 Å². The molecule has 1 N–H and O–H groups in total. The molecule has 0 aliphatic carbocycles. The zero-order valence-electron chi connectivity index (χ0n) is 9.17. The molecule has 1 aliphatic heterocycles. The number of carbonyl (C=O) groups excluding carboxylic acids is 1. The number of amides is 1. The predicted octanol–water partition coefficient (Wildman–Crippen LogP) is 1.80. The first-order chi connectivity index (χ1) is 7.35. The molecular formula is C9H15F3N2OS. The summed E-state index contributed by atoms with van der Waals surface area (Å²) in [5.74, 6) is -0.227. The third-order valence-corrected chi connectivity index (χ3v) is 3.17. The lowest BCUT2D eigenvalue weighted by Gasteiger charge is -2.22. The third kappa shape index (κ3) is 3.55. The van der Waals surface area contributed by atoms with Crippen LogP contribution in [0.5, 0.6) is 0 Å². The van der Waals surface area contributed by atoms with Crippen molar-refractivity contribution in [2.75, 3.05) is 12.3 Å². The second-order valence-electron chi connectivity index (χ2n) is 3.64. The number of rotatable bonds is 4. The van der Waals surface area contributed by atoms with Crippen molar-refractivity contribution < 1.29 is 18.0 Å². The monoisotopic (exact) mass is 256 g/mol. The van der Waals surface area contributed by atoms with Gasteiger partial charge in [0.25, 0.3) is 0 Å². The van der Waals surface area contributed by atoms with Crippen molar-refractivity contribution in [2.24, 2.45) is 0 Å². The summed E-state index contributed by atoms with van der Waals surface area (Å²) in [5.41, 5.74) is -4.22. The van der Waals surface area contributed by atoms with E-state index in [4.69, 9.17) is 0 Å². The van der Waals surface area contributed by atoms with Gasteiger partial charge in [-0.2, -0.15) is 13.2 Å². The molecular weight excluding hydrogens is 241 g/mol. The van der Waals surface area contributed by atoms with Gasteiger partial charge in [-0.3, -0.25) is 10.1 Å². The van der Waals surface area contributed by atoms with E-state index in [0.717, 1.165) is 0 Å². The van der Waals surface area contributed by atoms with Gasteiger partial charge in [-0.05, 0) is 25.1 Å². The molecule has 0 spiro atoms. The van der Waals surface area contributed by atoms with E-state index >= 15 is 0 Å². The van der Waals surface area contributed by atoms with E-state index in [9.17, 15) is 18.0 Å². The molecule has 0 bridgehead atoms. The molecule has 0 aromatic carbocycles. The number of halogens is 3. The summed E-state index contributed by atoms with van der Waals surface area (Å²) in [6, 6.07) is -0.291. The van der Waals surface area contributed by atoms with Crippen LogP contribution in [-0.4, -0.2) is 40.8 Å². The van der Waals surface area contributed by atoms with Crippen LogP contribution in [0.3, 0.4) is 0 Å². The summed E-state index contributed by atoms with van der Waals surface area (Å²) < 4.78 is 35.8. The van der Waals surface area contributed by atoms with Crippen LogP contribution < -0.4 is 5.32 Å². The van der Waals surface area contributed by atoms with Crippen LogP contribution in [0.4, 0.5) is 13.2 Å². The molecule has 2 unspecified atom stereocenters. The largest absolute Gasteiger partial charge is 0.441 e. The number of alkyl halides is 3. The van der Waals surface area contributed by atoms with Gasteiger partial charge in [0.05, 0.1) is 12.2 Å². The van der Waals surface area contributed by atoms with E-state index in [-0.39, 0.29) is 42.2 Å². The summed E-state index contributed by atoms with van der Waals surface area (Å²) in [6.07, 6.45) is 0.573. The molecule has 3 nitrogen and oxygen atoms in total. The summed E-state index contributed by atoms with van der Waals surface area (Å²) in [6.45, 7) is 3.76. The number of nitrogens with one attached hydrogen (secondary N) is 1. The van der Waals surface area contributed by atoms with Crippen molar-refractivity contribution in [2.45, 2.75) is 38.0 Å². The minimum absolute atomic E-state index is 0.0855. The number of thioether (sulfide) groups is 1. The second kappa shape index (κ2) is 5.27. The van der Waals surface area contributed by atoms with Gasteiger partial charge in [0.1, 0.15) is 0 Å². The highest BCUT2D eigenvalue weighted by Gasteiger charge is 2.35. The quantitative estimate of drug-likeness (QED) is 0.832. The van der Waals surface area contributed by atoms with Crippen molar-refractivity contribution in [1.82, 2.24) is 10.2 Å². The summed E-state index contributed by atoms with van der Waals surface area (Å²) in [4.78, 5) is 13.1. The molecule has 0 radical (unpaired) electrons. The Morgan fingerprint density at radius 3 is 2.62 bits per heavy atom. The zero-order chi connectivity index (χ0) is 12.3. The zero-order valence-corrected chi connectivity index (χ0v) is 9.99. The Labute approximate surface area is 96.7 Å². The fourth-order valence-corrected chi connectivity index (χ4v) is 2.24. The Balaban J connectivity index is 2.43. The van der Waals surface area contributed by atoms with Crippen LogP contribution in [0.15, 0.2) is 0 Å². The second-order valence-corrected chi connectivity index (χ2v) is 4.80. The first-order valence-electron chi connectivity index (χ1n) is 5.12. The number of hydrogen-bond donors (Lipinski definition) is 1. The standard InChI is InChI=1S/C9H15F3N2OS/c1-3-7-13-6(2)8(15)14(7)4-5-16-9(10,11)12/h6-7,13H,3-5H2,1-2H3. The molecule has 0 aromatic rings. The van der Waals surface area contributed by atoms with E-state index in [1.807, 2.05) is 6.92 Å². The van der Waals surface area contributed by atoms with Crippen LogP contribution in [0.1, 0.15) is 20.3 Å². The minimum Gasteiger partial charge on any atom is -0.325 e. The number of nitrogens with zero attached hydrogens (tertiary/aromatic N) is 1. The molecule has 1 amide bonds. The van der Waals surface area contributed by atoms with E-state index in [1.165, 1.54) is 4.90 Å². The highest BCUT2D eigenvalue weighted by Crippen LogP contribution is 2.30. The van der Waals surface area contributed by atoms with Crippen LogP contribution in [0.25, 0.3) is 0 Å². The molecule has 1 fully saturated rings. The fourth-order valence-electron chi connectivity index (χ4n) is 1.72. The highest BCUT2D eigenvalue weighted by molar-refractivity contribution is 8.00. The number of carbonyl (C=O) groups is 1. The summed E-state index contributed by atoms with van der Waals surface area (Å²) in [5, 5.41) is 3.04.